The summed E-state index contributed by atoms with van der Waals surface area (Å²) in [4.78, 5) is 0. The van der Waals surface area contributed by atoms with E-state index in [0.717, 1.165) is 10.5 Å². The maximum atomic E-state index is 4.54. The summed E-state index contributed by atoms with van der Waals surface area (Å²) in [7, 11) is 0. The van der Waals surface area contributed by atoms with E-state index in [4.69, 9.17) is 0 Å². The Morgan fingerprint density at radius 3 is 1.63 bits per heavy atom. The molecule has 2 rings (SSSR count). The molecule has 2 aliphatic heterocycles. The third-order valence-corrected chi connectivity index (χ3v) is 16.5. The second kappa shape index (κ2) is 17.9. The van der Waals surface area contributed by atoms with Gasteiger partial charge in [-0.3, -0.25) is 0 Å². The normalized spacial score (nSPS) is 24.4. The Bertz CT molecular complexity index is 408. The van der Waals surface area contributed by atoms with Gasteiger partial charge in [0.1, 0.15) is 0 Å². The van der Waals surface area contributed by atoms with E-state index in [0.29, 0.717) is 15.2 Å². The van der Waals surface area contributed by atoms with Crippen LogP contribution in [0.5, 0.6) is 0 Å². The van der Waals surface area contributed by atoms with E-state index >= 15 is 0 Å². The lowest BCUT2D eigenvalue weighted by Gasteiger charge is -2.33. The van der Waals surface area contributed by atoms with Gasteiger partial charge in [0.15, 0.2) is 0 Å². The Labute approximate surface area is 231 Å². The topological polar surface area (TPSA) is 0 Å². The van der Waals surface area contributed by atoms with Gasteiger partial charge in [-0.25, -0.2) is 0 Å². The number of rotatable bonds is 21. The molecule has 0 aromatic rings. The highest BCUT2D eigenvalue weighted by Crippen LogP contribution is 2.41. The first kappa shape index (κ1) is 29.7. The van der Waals surface area contributed by atoms with Gasteiger partial charge in [0.05, 0.1) is 0 Å². The van der Waals surface area contributed by atoms with Crippen molar-refractivity contribution in [3.05, 3.63) is 0 Å². The fourth-order valence-electron chi connectivity index (χ4n) is 2.53. The summed E-state index contributed by atoms with van der Waals surface area (Å²) in [5.41, 5.74) is 0. The van der Waals surface area contributed by atoms with Crippen molar-refractivity contribution in [2.75, 3.05) is 74.8 Å². The fraction of sp³-hybridized carbons (Fsp3) is 1.00. The summed E-state index contributed by atoms with van der Waals surface area (Å²) in [6.07, 6.45) is 0. The minimum absolute atomic E-state index is 0.438. The molecule has 178 valence electrons. The highest BCUT2D eigenvalue weighted by Gasteiger charge is 2.33. The van der Waals surface area contributed by atoms with Crippen LogP contribution in [0.3, 0.4) is 0 Å². The van der Waals surface area contributed by atoms with Crippen LogP contribution in [0.2, 0.25) is 0 Å². The van der Waals surface area contributed by atoms with Crippen LogP contribution in [0.15, 0.2) is 0 Å². The van der Waals surface area contributed by atoms with Crippen molar-refractivity contribution in [2.24, 2.45) is 0 Å². The Morgan fingerprint density at radius 1 is 0.733 bits per heavy atom. The maximum absolute atomic E-state index is 4.54. The minimum atomic E-state index is 0.438. The molecule has 4 unspecified atom stereocenters. The molecule has 0 nitrogen and oxygen atoms in total. The van der Waals surface area contributed by atoms with E-state index in [-0.39, 0.29) is 0 Å². The molecule has 2 aliphatic rings. The van der Waals surface area contributed by atoms with Crippen molar-refractivity contribution in [3.8, 4) is 0 Å². The van der Waals surface area contributed by atoms with E-state index in [2.05, 4.69) is 133 Å². The average molecular weight is 599 g/mol. The zero-order valence-electron chi connectivity index (χ0n) is 18.2. The summed E-state index contributed by atoms with van der Waals surface area (Å²) >= 11 is 26.5. The molecule has 0 saturated carbocycles. The molecule has 0 bridgehead atoms. The molecular formula is C20H38S10. The van der Waals surface area contributed by atoms with Crippen LogP contribution in [0.25, 0.3) is 0 Å². The summed E-state index contributed by atoms with van der Waals surface area (Å²) in [5, 5.41) is 2.93. The number of thioether (sulfide) groups is 8. The SMILES string of the molecule is CC(S)CSCCSCC(CSCC1CS1)(CSCC1CS1)SCCSCC(C)S. The maximum Gasteiger partial charge on any atom is 0.0431 e. The molecule has 2 fully saturated rings. The van der Waals surface area contributed by atoms with E-state index in [1.807, 2.05) is 0 Å². The van der Waals surface area contributed by atoms with Gasteiger partial charge in [0.25, 0.3) is 0 Å². The van der Waals surface area contributed by atoms with Crippen LogP contribution >= 0.6 is 119 Å². The second-order valence-corrected chi connectivity index (χ2v) is 19.3. The molecular weight excluding hydrogens is 561 g/mol. The third kappa shape index (κ3) is 16.2. The summed E-state index contributed by atoms with van der Waals surface area (Å²) in [6, 6.07) is 0. The molecule has 0 N–H and O–H groups in total. The van der Waals surface area contributed by atoms with Crippen molar-refractivity contribution in [3.63, 3.8) is 0 Å². The van der Waals surface area contributed by atoms with Gasteiger partial charge >= 0.3 is 0 Å². The molecule has 10 heteroatoms. The molecule has 0 radical (unpaired) electrons. The summed E-state index contributed by atoms with van der Waals surface area (Å²) < 4.78 is 0.438. The highest BCUT2D eigenvalue weighted by atomic mass is 32.2. The highest BCUT2D eigenvalue weighted by molar-refractivity contribution is 8.11. The number of hydrogen-bond donors (Lipinski definition) is 2. The summed E-state index contributed by atoms with van der Waals surface area (Å²) in [6.45, 7) is 4.40. The molecule has 30 heavy (non-hydrogen) atoms. The molecule has 0 aromatic carbocycles. The van der Waals surface area contributed by atoms with Gasteiger partial charge in [-0.2, -0.15) is 119 Å². The van der Waals surface area contributed by atoms with Crippen molar-refractivity contribution < 1.29 is 0 Å². The van der Waals surface area contributed by atoms with Crippen LogP contribution in [0, 0.1) is 0 Å². The van der Waals surface area contributed by atoms with E-state index in [1.165, 1.54) is 74.8 Å². The first-order valence-electron chi connectivity index (χ1n) is 10.6. The van der Waals surface area contributed by atoms with Crippen LogP contribution < -0.4 is 0 Å². The fourth-order valence-corrected chi connectivity index (χ4v) is 13.5. The smallest absolute Gasteiger partial charge is 0.0431 e. The lowest BCUT2D eigenvalue weighted by atomic mass is 10.2. The molecule has 2 saturated heterocycles. The molecule has 0 aliphatic carbocycles. The van der Waals surface area contributed by atoms with Gasteiger partial charge in [-0.15, -0.1) is 0 Å². The third-order valence-electron chi connectivity index (χ3n) is 4.23. The molecule has 4 atom stereocenters. The Kier molecular flexibility index (Phi) is 17.7. The van der Waals surface area contributed by atoms with Crippen molar-refractivity contribution >= 4 is 119 Å². The van der Waals surface area contributed by atoms with Gasteiger partial charge in [-0.05, 0) is 0 Å². The first-order chi connectivity index (χ1) is 14.5. The molecule has 2 heterocycles. The van der Waals surface area contributed by atoms with E-state index in [9.17, 15) is 0 Å². The standard InChI is InChI=1S/C20H38S10/c1-16(21)7-23-3-4-25-13-20(14-26-9-18-11-28-18,15-27-10-19-12-29-19)30-6-5-24-8-17(2)22/h16-19,21-22H,3-15H2,1-2H3. The first-order valence-corrected chi connectivity index (χ1v) is 20.5. The molecule has 0 aromatic heterocycles. The van der Waals surface area contributed by atoms with Gasteiger partial charge in [0.2, 0.25) is 0 Å². The predicted molar refractivity (Wildman–Crippen MR) is 171 cm³/mol. The van der Waals surface area contributed by atoms with Crippen LogP contribution in [-0.2, 0) is 0 Å². The predicted octanol–water partition coefficient (Wildman–Crippen LogP) is 6.99. The Balaban J connectivity index is 1.79. The lowest BCUT2D eigenvalue weighted by Crippen LogP contribution is -2.36. The van der Waals surface area contributed by atoms with Crippen LogP contribution in [-0.4, -0.2) is 101 Å². The zero-order chi connectivity index (χ0) is 21.7. The van der Waals surface area contributed by atoms with Crippen molar-refractivity contribution in [2.45, 2.75) is 39.6 Å². The van der Waals surface area contributed by atoms with Crippen molar-refractivity contribution in [1.82, 2.24) is 0 Å². The molecule has 0 spiro atoms. The monoisotopic (exact) mass is 598 g/mol. The van der Waals surface area contributed by atoms with Crippen molar-refractivity contribution in [1.29, 1.82) is 0 Å². The van der Waals surface area contributed by atoms with Gasteiger partial charge in [-0.1, -0.05) is 13.8 Å². The second-order valence-electron chi connectivity index (χ2n) is 7.87. The van der Waals surface area contributed by atoms with Gasteiger partial charge < -0.3 is 0 Å². The number of hydrogen-bond acceptors (Lipinski definition) is 10. The van der Waals surface area contributed by atoms with E-state index in [1.54, 1.807) is 0 Å². The van der Waals surface area contributed by atoms with Crippen LogP contribution in [0.1, 0.15) is 13.8 Å². The summed E-state index contributed by atoms with van der Waals surface area (Å²) in [5.74, 6) is 17.0. The Morgan fingerprint density at radius 2 is 1.17 bits per heavy atom. The quantitative estimate of drug-likeness (QED) is 0.0814. The minimum Gasteiger partial charge on any atom is -0.175 e. The van der Waals surface area contributed by atoms with E-state index < -0.39 is 0 Å². The lowest BCUT2D eigenvalue weighted by molar-refractivity contribution is 0.843. The van der Waals surface area contributed by atoms with Crippen LogP contribution in [0.4, 0.5) is 0 Å². The van der Waals surface area contributed by atoms with Gasteiger partial charge in [0, 0.05) is 101 Å². The Hall–Kier alpha value is 3.50. The zero-order valence-corrected chi connectivity index (χ0v) is 26.5. The molecule has 0 amide bonds. The number of thiol groups is 2. The average Bonchev–Trinajstić information content (AvgIpc) is 3.59. The largest absolute Gasteiger partial charge is 0.175 e.